The Morgan fingerprint density at radius 1 is 1.25 bits per heavy atom. The van der Waals surface area contributed by atoms with Gasteiger partial charge in [-0.25, -0.2) is 0 Å². The molecule has 0 spiro atoms. The number of carbonyl (C=O) groups is 1. The second kappa shape index (κ2) is 6.05. The zero-order chi connectivity index (χ0) is 16.7. The molecule has 7 heteroatoms. The molecule has 1 aliphatic carbocycles. The summed E-state index contributed by atoms with van der Waals surface area (Å²) < 4.78 is 3.73. The number of para-hydroxylation sites is 1. The predicted molar refractivity (Wildman–Crippen MR) is 93.7 cm³/mol. The van der Waals surface area contributed by atoms with E-state index in [-0.39, 0.29) is 17.4 Å². The van der Waals surface area contributed by atoms with E-state index in [1.807, 2.05) is 28.7 Å². The third-order valence-corrected chi connectivity index (χ3v) is 5.59. The highest BCUT2D eigenvalue weighted by molar-refractivity contribution is 7.99. The van der Waals surface area contributed by atoms with E-state index in [1.54, 1.807) is 11.5 Å². The molecule has 2 aromatic heterocycles. The van der Waals surface area contributed by atoms with E-state index >= 15 is 0 Å². The number of thioether (sulfide) groups is 1. The van der Waals surface area contributed by atoms with Gasteiger partial charge in [0.15, 0.2) is 5.16 Å². The third kappa shape index (κ3) is 2.43. The monoisotopic (exact) mass is 342 g/mol. The first-order valence-corrected chi connectivity index (χ1v) is 9.16. The molecule has 0 saturated heterocycles. The number of benzene rings is 1. The molecule has 0 radical (unpaired) electrons. The molecule has 24 heavy (non-hydrogen) atoms. The van der Waals surface area contributed by atoms with Crippen LogP contribution in [-0.4, -0.2) is 30.7 Å². The summed E-state index contributed by atoms with van der Waals surface area (Å²) in [6.07, 6.45) is 4.26. The van der Waals surface area contributed by atoms with Crippen molar-refractivity contribution in [1.82, 2.24) is 19.2 Å². The molecule has 0 amide bonds. The Balaban J connectivity index is 2.02. The van der Waals surface area contributed by atoms with Gasteiger partial charge < -0.3 is 0 Å². The summed E-state index contributed by atoms with van der Waals surface area (Å²) in [6, 6.07) is 7.72. The molecule has 0 unspecified atom stereocenters. The van der Waals surface area contributed by atoms with Gasteiger partial charge in [-0.2, -0.15) is 0 Å². The number of carbonyl (C=O) groups excluding carboxylic acids is 1. The van der Waals surface area contributed by atoms with Gasteiger partial charge in [0.25, 0.3) is 5.56 Å². The number of ketones is 1. The number of aromatic nitrogens is 4. The molecular formula is C17H18N4O2S. The van der Waals surface area contributed by atoms with Crippen molar-refractivity contribution in [1.29, 1.82) is 0 Å². The van der Waals surface area contributed by atoms with E-state index < -0.39 is 0 Å². The van der Waals surface area contributed by atoms with Gasteiger partial charge in [-0.15, -0.1) is 10.2 Å². The normalized spacial score (nSPS) is 15.5. The summed E-state index contributed by atoms with van der Waals surface area (Å²) >= 11 is 1.36. The van der Waals surface area contributed by atoms with Crippen molar-refractivity contribution in [2.24, 2.45) is 0 Å². The summed E-state index contributed by atoms with van der Waals surface area (Å²) in [7, 11) is 0. The number of hydrogen-bond acceptors (Lipinski definition) is 5. The second-order valence-corrected chi connectivity index (χ2v) is 7.18. The summed E-state index contributed by atoms with van der Waals surface area (Å²) in [5.41, 5.74) is 0.795. The van der Waals surface area contributed by atoms with E-state index in [1.165, 1.54) is 11.8 Å². The molecule has 2 heterocycles. The van der Waals surface area contributed by atoms with E-state index in [9.17, 15) is 9.59 Å². The minimum atomic E-state index is 0.000480. The van der Waals surface area contributed by atoms with Crippen LogP contribution in [0.25, 0.3) is 16.7 Å². The molecule has 0 atom stereocenters. The fourth-order valence-electron chi connectivity index (χ4n) is 3.45. The first-order valence-electron chi connectivity index (χ1n) is 8.17. The van der Waals surface area contributed by atoms with Crippen molar-refractivity contribution in [2.45, 2.75) is 43.8 Å². The molecule has 3 aromatic rings. The number of fused-ring (bicyclic) bond motifs is 3. The zero-order valence-corrected chi connectivity index (χ0v) is 14.3. The zero-order valence-electron chi connectivity index (χ0n) is 13.4. The lowest BCUT2D eigenvalue weighted by Crippen LogP contribution is -2.26. The van der Waals surface area contributed by atoms with Gasteiger partial charge >= 0.3 is 0 Å². The molecule has 4 rings (SSSR count). The topological polar surface area (TPSA) is 69.3 Å². The maximum atomic E-state index is 13.0. The Kier molecular flexibility index (Phi) is 3.88. The van der Waals surface area contributed by atoms with Crippen LogP contribution in [0.15, 0.2) is 34.2 Å². The minimum absolute atomic E-state index is 0.000480. The third-order valence-electron chi connectivity index (χ3n) is 4.52. The van der Waals surface area contributed by atoms with Gasteiger partial charge in [-0.1, -0.05) is 36.7 Å². The number of nitrogens with zero attached hydrogens (tertiary/aromatic N) is 4. The lowest BCUT2D eigenvalue weighted by molar-refractivity contribution is -0.114. The lowest BCUT2D eigenvalue weighted by atomic mass is 10.2. The average molecular weight is 342 g/mol. The van der Waals surface area contributed by atoms with Crippen LogP contribution in [0.2, 0.25) is 0 Å². The van der Waals surface area contributed by atoms with Gasteiger partial charge in [0, 0.05) is 6.04 Å². The smallest absolute Gasteiger partial charge is 0.263 e. The maximum absolute atomic E-state index is 13.0. The van der Waals surface area contributed by atoms with E-state index in [0.717, 1.165) is 31.2 Å². The van der Waals surface area contributed by atoms with E-state index in [4.69, 9.17) is 0 Å². The first kappa shape index (κ1) is 15.4. The quantitative estimate of drug-likeness (QED) is 0.682. The fourth-order valence-corrected chi connectivity index (χ4v) is 4.19. The Morgan fingerprint density at radius 2 is 2.00 bits per heavy atom. The SMILES string of the molecule is CC(=O)CSc1nnc2n(C3CCCC3)c(=O)c3ccccc3n12. The largest absolute Gasteiger partial charge is 0.299 e. The molecule has 1 saturated carbocycles. The van der Waals surface area contributed by atoms with Crippen molar-refractivity contribution < 1.29 is 4.79 Å². The average Bonchev–Trinajstić information content (AvgIpc) is 3.23. The van der Waals surface area contributed by atoms with Crippen LogP contribution in [0.1, 0.15) is 38.6 Å². The Bertz CT molecular complexity index is 985. The van der Waals surface area contributed by atoms with Crippen molar-refractivity contribution in [3.05, 3.63) is 34.6 Å². The molecule has 6 nitrogen and oxygen atoms in total. The van der Waals surface area contributed by atoms with Crippen LogP contribution in [0.5, 0.6) is 0 Å². The Hall–Kier alpha value is -2.15. The van der Waals surface area contributed by atoms with Crippen molar-refractivity contribution in [3.8, 4) is 0 Å². The second-order valence-electron chi connectivity index (χ2n) is 6.24. The van der Waals surface area contributed by atoms with Gasteiger partial charge in [0.2, 0.25) is 5.78 Å². The van der Waals surface area contributed by atoms with Crippen LogP contribution >= 0.6 is 11.8 Å². The van der Waals surface area contributed by atoms with Crippen LogP contribution in [-0.2, 0) is 4.79 Å². The van der Waals surface area contributed by atoms with Crippen molar-refractivity contribution >= 4 is 34.2 Å². The maximum Gasteiger partial charge on any atom is 0.263 e. The first-order chi connectivity index (χ1) is 11.7. The highest BCUT2D eigenvalue weighted by atomic mass is 32.2. The Morgan fingerprint density at radius 3 is 2.75 bits per heavy atom. The predicted octanol–water partition coefficient (Wildman–Crippen LogP) is 2.84. The van der Waals surface area contributed by atoms with Gasteiger partial charge in [0.1, 0.15) is 5.78 Å². The summed E-state index contributed by atoms with van der Waals surface area (Å²) in [6.45, 7) is 1.56. The summed E-state index contributed by atoms with van der Waals surface area (Å²) in [5.74, 6) is 1.01. The van der Waals surface area contributed by atoms with Crippen LogP contribution in [0.4, 0.5) is 0 Å². The van der Waals surface area contributed by atoms with Gasteiger partial charge in [-0.3, -0.25) is 18.6 Å². The molecular weight excluding hydrogens is 324 g/mol. The highest BCUT2D eigenvalue weighted by Crippen LogP contribution is 2.31. The molecule has 0 bridgehead atoms. The minimum Gasteiger partial charge on any atom is -0.299 e. The number of Topliss-reactive ketones (excluding diaryl/α,β-unsaturated/α-hetero) is 1. The molecule has 0 aliphatic heterocycles. The number of hydrogen-bond donors (Lipinski definition) is 0. The van der Waals surface area contributed by atoms with Gasteiger partial charge in [-0.05, 0) is 31.9 Å². The molecule has 1 aliphatic rings. The summed E-state index contributed by atoms with van der Waals surface area (Å²) in [4.78, 5) is 24.4. The standard InChI is InChI=1S/C17H18N4O2S/c1-11(22)10-24-17-19-18-16-20(12-6-2-3-7-12)15(23)13-8-4-5-9-14(13)21(16)17/h4-5,8-9,12H,2-3,6-7,10H2,1H3. The highest BCUT2D eigenvalue weighted by Gasteiger charge is 2.24. The Labute approximate surface area is 142 Å². The van der Waals surface area contributed by atoms with Crippen LogP contribution in [0.3, 0.4) is 0 Å². The molecule has 0 N–H and O–H groups in total. The summed E-state index contributed by atoms with van der Waals surface area (Å²) in [5, 5.41) is 9.87. The van der Waals surface area contributed by atoms with E-state index in [0.29, 0.717) is 22.1 Å². The number of rotatable bonds is 4. The van der Waals surface area contributed by atoms with Gasteiger partial charge in [0.05, 0.1) is 16.7 Å². The van der Waals surface area contributed by atoms with Crippen molar-refractivity contribution in [2.75, 3.05) is 5.75 Å². The fraction of sp³-hybridized carbons (Fsp3) is 0.412. The van der Waals surface area contributed by atoms with Crippen LogP contribution in [0, 0.1) is 0 Å². The van der Waals surface area contributed by atoms with Crippen LogP contribution < -0.4 is 5.56 Å². The molecule has 1 aromatic carbocycles. The van der Waals surface area contributed by atoms with E-state index in [2.05, 4.69) is 10.2 Å². The van der Waals surface area contributed by atoms with Crippen molar-refractivity contribution in [3.63, 3.8) is 0 Å². The lowest BCUT2D eigenvalue weighted by Gasteiger charge is -2.16. The molecule has 124 valence electrons. The molecule has 1 fully saturated rings.